The number of nitrogens with two attached hydrogens (primary N) is 1. The van der Waals surface area contributed by atoms with Crippen LogP contribution in [0.5, 0.6) is 11.5 Å². The number of anilines is 1. The molecular weight excluding hydrogens is 296 g/mol. The minimum absolute atomic E-state index is 0.727. The molecule has 2 aromatic carbocycles. The molecule has 5 heteroatoms. The topological polar surface area (TPSA) is 57.4 Å². The average Bonchev–Trinajstić information content (AvgIpc) is 3.04. The summed E-state index contributed by atoms with van der Waals surface area (Å²) in [6.45, 7) is 0. The molecule has 2 N–H and O–H groups in total. The van der Waals surface area contributed by atoms with Gasteiger partial charge in [-0.05, 0) is 24.3 Å². The van der Waals surface area contributed by atoms with Crippen molar-refractivity contribution in [3.8, 4) is 33.3 Å². The Balaban J connectivity index is 2.03. The summed E-state index contributed by atoms with van der Waals surface area (Å²) in [5.74, 6) is 1.49. The van der Waals surface area contributed by atoms with Crippen LogP contribution in [0.2, 0.25) is 0 Å². The Labute approximate surface area is 133 Å². The summed E-state index contributed by atoms with van der Waals surface area (Å²) in [5.41, 5.74) is 9.49. The molecule has 0 saturated heterocycles. The van der Waals surface area contributed by atoms with Gasteiger partial charge in [-0.3, -0.25) is 0 Å². The second kappa shape index (κ2) is 6.07. The number of nitrogen functional groups attached to an aromatic ring is 1. The fraction of sp³-hybridized carbons (Fsp3) is 0.118. The molecule has 0 saturated carbocycles. The fourth-order valence-electron chi connectivity index (χ4n) is 2.22. The number of thiazole rings is 1. The van der Waals surface area contributed by atoms with Gasteiger partial charge in [-0.25, -0.2) is 4.98 Å². The zero-order chi connectivity index (χ0) is 15.5. The van der Waals surface area contributed by atoms with E-state index in [1.54, 1.807) is 25.6 Å². The Hall–Kier alpha value is -2.53. The number of benzene rings is 2. The monoisotopic (exact) mass is 312 g/mol. The van der Waals surface area contributed by atoms with Gasteiger partial charge in [-0.15, -0.1) is 11.3 Å². The molecule has 3 rings (SSSR count). The van der Waals surface area contributed by atoms with E-state index in [1.165, 1.54) is 0 Å². The molecule has 0 amide bonds. The molecule has 0 radical (unpaired) electrons. The van der Waals surface area contributed by atoms with Gasteiger partial charge in [0, 0.05) is 28.3 Å². The van der Waals surface area contributed by atoms with Gasteiger partial charge in [-0.1, -0.05) is 12.1 Å². The van der Waals surface area contributed by atoms with Gasteiger partial charge < -0.3 is 15.2 Å². The Morgan fingerprint density at radius 3 is 2.55 bits per heavy atom. The van der Waals surface area contributed by atoms with Crippen molar-refractivity contribution < 1.29 is 9.47 Å². The highest BCUT2D eigenvalue weighted by Gasteiger charge is 2.13. The molecule has 0 aliphatic rings. The lowest BCUT2D eigenvalue weighted by molar-refractivity contribution is 0.395. The summed E-state index contributed by atoms with van der Waals surface area (Å²) in [7, 11) is 3.27. The number of aromatic nitrogens is 1. The number of ether oxygens (including phenoxy) is 2. The van der Waals surface area contributed by atoms with Gasteiger partial charge in [0.25, 0.3) is 0 Å². The van der Waals surface area contributed by atoms with E-state index >= 15 is 0 Å². The highest BCUT2D eigenvalue weighted by molar-refractivity contribution is 7.13. The number of methoxy groups -OCH3 is 2. The van der Waals surface area contributed by atoms with Gasteiger partial charge in [-0.2, -0.15) is 0 Å². The zero-order valence-electron chi connectivity index (χ0n) is 12.4. The van der Waals surface area contributed by atoms with Crippen molar-refractivity contribution in [3.05, 3.63) is 47.8 Å². The van der Waals surface area contributed by atoms with E-state index in [0.29, 0.717) is 0 Å². The molecule has 4 nitrogen and oxygen atoms in total. The van der Waals surface area contributed by atoms with Crippen LogP contribution in [0.25, 0.3) is 21.8 Å². The molecule has 1 aromatic heterocycles. The predicted octanol–water partition coefficient (Wildman–Crippen LogP) is 4.08. The van der Waals surface area contributed by atoms with E-state index in [2.05, 4.69) is 0 Å². The first-order chi connectivity index (χ1) is 10.7. The van der Waals surface area contributed by atoms with Gasteiger partial charge in [0.1, 0.15) is 16.5 Å². The van der Waals surface area contributed by atoms with E-state index in [-0.39, 0.29) is 0 Å². The Morgan fingerprint density at radius 1 is 1.00 bits per heavy atom. The van der Waals surface area contributed by atoms with Gasteiger partial charge in [0.2, 0.25) is 0 Å². The largest absolute Gasteiger partial charge is 0.497 e. The highest BCUT2D eigenvalue weighted by Crippen LogP contribution is 2.37. The predicted molar refractivity (Wildman–Crippen MR) is 90.5 cm³/mol. The van der Waals surface area contributed by atoms with Crippen molar-refractivity contribution in [2.24, 2.45) is 0 Å². The lowest BCUT2D eigenvalue weighted by atomic mass is 10.1. The second-order valence-electron chi connectivity index (χ2n) is 4.69. The number of hydrogen-bond donors (Lipinski definition) is 1. The molecule has 0 unspecified atom stereocenters. The van der Waals surface area contributed by atoms with Crippen LogP contribution in [-0.2, 0) is 0 Å². The fourth-order valence-corrected chi connectivity index (χ4v) is 3.09. The second-order valence-corrected chi connectivity index (χ2v) is 5.55. The molecule has 0 aliphatic carbocycles. The van der Waals surface area contributed by atoms with E-state index in [0.717, 1.165) is 39.0 Å². The zero-order valence-corrected chi connectivity index (χ0v) is 13.2. The standard InChI is InChI=1S/C17H16N2O2S/c1-20-11-7-8-13(16(9-11)21-2)15-10-22-17(19-15)12-5-3-4-6-14(12)18/h3-10H,18H2,1-2H3. The Bertz CT molecular complexity index is 799. The van der Waals surface area contributed by atoms with Crippen molar-refractivity contribution >= 4 is 17.0 Å². The van der Waals surface area contributed by atoms with E-state index in [9.17, 15) is 0 Å². The van der Waals surface area contributed by atoms with Crippen molar-refractivity contribution in [1.29, 1.82) is 0 Å². The van der Waals surface area contributed by atoms with E-state index in [1.807, 2.05) is 47.8 Å². The summed E-state index contributed by atoms with van der Waals surface area (Å²) >= 11 is 1.56. The Morgan fingerprint density at radius 2 is 1.82 bits per heavy atom. The first kappa shape index (κ1) is 14.4. The minimum Gasteiger partial charge on any atom is -0.497 e. The lowest BCUT2D eigenvalue weighted by Crippen LogP contribution is -1.91. The third-order valence-electron chi connectivity index (χ3n) is 3.38. The van der Waals surface area contributed by atoms with Crippen molar-refractivity contribution in [2.45, 2.75) is 0 Å². The van der Waals surface area contributed by atoms with E-state index in [4.69, 9.17) is 20.2 Å². The maximum Gasteiger partial charge on any atom is 0.131 e. The van der Waals surface area contributed by atoms with Crippen LogP contribution in [-0.4, -0.2) is 19.2 Å². The van der Waals surface area contributed by atoms with Crippen molar-refractivity contribution in [2.75, 3.05) is 20.0 Å². The molecule has 112 valence electrons. The number of rotatable bonds is 4. The third kappa shape index (κ3) is 2.63. The molecule has 3 aromatic rings. The summed E-state index contributed by atoms with van der Waals surface area (Å²) < 4.78 is 10.7. The Kier molecular flexibility index (Phi) is 3.98. The number of para-hydroxylation sites is 1. The molecular formula is C17H16N2O2S. The quantitative estimate of drug-likeness (QED) is 0.738. The minimum atomic E-state index is 0.727. The summed E-state index contributed by atoms with van der Waals surface area (Å²) in [6, 6.07) is 13.4. The lowest BCUT2D eigenvalue weighted by Gasteiger charge is -2.08. The van der Waals surface area contributed by atoms with Crippen LogP contribution >= 0.6 is 11.3 Å². The van der Waals surface area contributed by atoms with Crippen LogP contribution in [0, 0.1) is 0 Å². The van der Waals surface area contributed by atoms with Crippen LogP contribution < -0.4 is 15.2 Å². The molecule has 0 aliphatic heterocycles. The highest BCUT2D eigenvalue weighted by atomic mass is 32.1. The van der Waals surface area contributed by atoms with Gasteiger partial charge in [0.15, 0.2) is 0 Å². The smallest absolute Gasteiger partial charge is 0.131 e. The maximum absolute atomic E-state index is 6.02. The third-order valence-corrected chi connectivity index (χ3v) is 4.26. The molecule has 1 heterocycles. The molecule has 0 bridgehead atoms. The SMILES string of the molecule is COc1ccc(-c2csc(-c3ccccc3N)n2)c(OC)c1. The van der Waals surface area contributed by atoms with Crippen molar-refractivity contribution in [1.82, 2.24) is 4.98 Å². The first-order valence-electron chi connectivity index (χ1n) is 6.75. The molecule has 0 fully saturated rings. The van der Waals surface area contributed by atoms with Gasteiger partial charge >= 0.3 is 0 Å². The number of nitrogens with zero attached hydrogens (tertiary/aromatic N) is 1. The normalized spacial score (nSPS) is 10.5. The first-order valence-corrected chi connectivity index (χ1v) is 7.63. The van der Waals surface area contributed by atoms with Crippen LogP contribution in [0.1, 0.15) is 0 Å². The molecule has 0 spiro atoms. The average molecular weight is 312 g/mol. The summed E-state index contributed by atoms with van der Waals surface area (Å²) in [4.78, 5) is 4.69. The molecule has 22 heavy (non-hydrogen) atoms. The van der Waals surface area contributed by atoms with Gasteiger partial charge in [0.05, 0.1) is 19.9 Å². The maximum atomic E-state index is 6.02. The summed E-state index contributed by atoms with van der Waals surface area (Å²) in [6.07, 6.45) is 0. The summed E-state index contributed by atoms with van der Waals surface area (Å²) in [5, 5.41) is 2.90. The van der Waals surface area contributed by atoms with Crippen LogP contribution in [0.3, 0.4) is 0 Å². The van der Waals surface area contributed by atoms with Crippen LogP contribution in [0.4, 0.5) is 5.69 Å². The van der Waals surface area contributed by atoms with E-state index < -0.39 is 0 Å². The number of hydrogen-bond acceptors (Lipinski definition) is 5. The molecule has 0 atom stereocenters. The van der Waals surface area contributed by atoms with Crippen LogP contribution in [0.15, 0.2) is 47.8 Å². The van der Waals surface area contributed by atoms with Crippen molar-refractivity contribution in [3.63, 3.8) is 0 Å².